The molecule has 2 unspecified atom stereocenters. The fourth-order valence-corrected chi connectivity index (χ4v) is 2.26. The number of rotatable bonds is 6. The minimum atomic E-state index is -0.729. The zero-order valence-electron chi connectivity index (χ0n) is 10.3. The van der Waals surface area contributed by atoms with E-state index in [1.807, 2.05) is 6.92 Å². The normalized spacial score (nSPS) is 14.6. The topological polar surface area (TPSA) is 47.3 Å². The van der Waals surface area contributed by atoms with Gasteiger partial charge in [0.1, 0.15) is 11.6 Å². The lowest BCUT2D eigenvalue weighted by Crippen LogP contribution is -2.38. The van der Waals surface area contributed by atoms with Crippen LogP contribution in [0.4, 0.5) is 8.78 Å². The van der Waals surface area contributed by atoms with Crippen LogP contribution in [0.5, 0.6) is 0 Å². The van der Waals surface area contributed by atoms with Crippen LogP contribution in [-0.2, 0) is 4.74 Å². The Morgan fingerprint density at radius 1 is 1.44 bits per heavy atom. The highest BCUT2D eigenvalue weighted by Gasteiger charge is 2.28. The van der Waals surface area contributed by atoms with Gasteiger partial charge in [0.15, 0.2) is 0 Å². The predicted molar refractivity (Wildman–Crippen MR) is 69.8 cm³/mol. The Morgan fingerprint density at radius 3 is 2.61 bits per heavy atom. The van der Waals surface area contributed by atoms with Crippen molar-refractivity contribution in [2.24, 2.45) is 5.84 Å². The third-order valence-corrected chi connectivity index (χ3v) is 3.43. The number of hydrogen-bond donors (Lipinski definition) is 2. The summed E-state index contributed by atoms with van der Waals surface area (Å²) in [5.41, 5.74) is 2.33. The van der Waals surface area contributed by atoms with Crippen LogP contribution in [0.3, 0.4) is 0 Å². The molecule has 1 rings (SSSR count). The van der Waals surface area contributed by atoms with E-state index in [1.54, 1.807) is 0 Å². The Hall–Kier alpha value is -0.560. The number of methoxy groups -OCH3 is 1. The van der Waals surface area contributed by atoms with E-state index in [0.717, 1.165) is 6.42 Å². The second-order valence-electron chi connectivity index (χ2n) is 3.96. The molecule has 3 N–H and O–H groups in total. The molecular formula is C12H17BrF2N2O. The highest BCUT2D eigenvalue weighted by Crippen LogP contribution is 2.30. The highest BCUT2D eigenvalue weighted by atomic mass is 79.9. The van der Waals surface area contributed by atoms with Crippen LogP contribution in [0.15, 0.2) is 16.6 Å². The first-order valence-electron chi connectivity index (χ1n) is 5.69. The molecule has 0 aromatic heterocycles. The Balaban J connectivity index is 3.19. The molecule has 0 fully saturated rings. The number of hydrogen-bond acceptors (Lipinski definition) is 3. The van der Waals surface area contributed by atoms with Gasteiger partial charge in [0.05, 0.1) is 16.6 Å². The largest absolute Gasteiger partial charge is 0.379 e. The van der Waals surface area contributed by atoms with Gasteiger partial charge in [-0.2, -0.15) is 0 Å². The second-order valence-corrected chi connectivity index (χ2v) is 4.82. The molecule has 0 amide bonds. The van der Waals surface area contributed by atoms with Crippen molar-refractivity contribution in [3.8, 4) is 0 Å². The molecular weight excluding hydrogens is 306 g/mol. The van der Waals surface area contributed by atoms with Crippen molar-refractivity contribution in [2.75, 3.05) is 7.11 Å². The maximum Gasteiger partial charge on any atom is 0.145 e. The fraction of sp³-hybridized carbons (Fsp3) is 0.500. The van der Waals surface area contributed by atoms with Crippen molar-refractivity contribution in [1.82, 2.24) is 5.43 Å². The van der Waals surface area contributed by atoms with Gasteiger partial charge in [-0.05, 0) is 34.5 Å². The summed E-state index contributed by atoms with van der Waals surface area (Å²) in [7, 11) is 1.50. The standard InChI is InChI=1S/C12H17BrF2N2O/c1-3-4-9(18-2)12(17-16)10-8(14)6-5-7(13)11(10)15/h5-6,9,12,17H,3-4,16H2,1-2H3. The van der Waals surface area contributed by atoms with Crippen LogP contribution in [0, 0.1) is 11.6 Å². The van der Waals surface area contributed by atoms with Crippen molar-refractivity contribution in [3.05, 3.63) is 33.8 Å². The van der Waals surface area contributed by atoms with Crippen LogP contribution in [0.2, 0.25) is 0 Å². The van der Waals surface area contributed by atoms with Gasteiger partial charge in [-0.15, -0.1) is 0 Å². The highest BCUT2D eigenvalue weighted by molar-refractivity contribution is 9.10. The molecule has 0 aliphatic carbocycles. The van der Waals surface area contributed by atoms with E-state index in [4.69, 9.17) is 10.6 Å². The third kappa shape index (κ3) is 3.26. The number of ether oxygens (including phenoxy) is 1. The van der Waals surface area contributed by atoms with E-state index in [0.29, 0.717) is 6.42 Å². The van der Waals surface area contributed by atoms with E-state index in [2.05, 4.69) is 21.4 Å². The lowest BCUT2D eigenvalue weighted by Gasteiger charge is -2.26. The molecule has 0 bridgehead atoms. The number of halogens is 3. The zero-order chi connectivity index (χ0) is 13.7. The first kappa shape index (κ1) is 15.5. The Labute approximate surface area is 114 Å². The van der Waals surface area contributed by atoms with Crippen molar-refractivity contribution < 1.29 is 13.5 Å². The average Bonchev–Trinajstić information content (AvgIpc) is 2.37. The van der Waals surface area contributed by atoms with Crippen LogP contribution in [-0.4, -0.2) is 13.2 Å². The number of benzene rings is 1. The zero-order valence-corrected chi connectivity index (χ0v) is 11.9. The molecule has 1 aromatic carbocycles. The van der Waals surface area contributed by atoms with E-state index in [-0.39, 0.29) is 10.0 Å². The minimum absolute atomic E-state index is 0.104. The van der Waals surface area contributed by atoms with Gasteiger partial charge in [-0.1, -0.05) is 13.3 Å². The van der Waals surface area contributed by atoms with E-state index >= 15 is 0 Å². The summed E-state index contributed by atoms with van der Waals surface area (Å²) < 4.78 is 33.2. The third-order valence-electron chi connectivity index (χ3n) is 2.82. The molecule has 0 aliphatic rings. The monoisotopic (exact) mass is 322 g/mol. The summed E-state index contributed by atoms with van der Waals surface area (Å²) in [6.07, 6.45) is 1.09. The van der Waals surface area contributed by atoms with Gasteiger partial charge in [0.25, 0.3) is 0 Å². The summed E-state index contributed by atoms with van der Waals surface area (Å²) in [4.78, 5) is 0. The van der Waals surface area contributed by atoms with Gasteiger partial charge < -0.3 is 4.74 Å². The minimum Gasteiger partial charge on any atom is -0.379 e. The van der Waals surface area contributed by atoms with Gasteiger partial charge >= 0.3 is 0 Å². The van der Waals surface area contributed by atoms with E-state index in [9.17, 15) is 8.78 Å². The van der Waals surface area contributed by atoms with Gasteiger partial charge in [0.2, 0.25) is 0 Å². The van der Waals surface area contributed by atoms with Crippen molar-refractivity contribution >= 4 is 15.9 Å². The SMILES string of the molecule is CCCC(OC)C(NN)c1c(F)ccc(Br)c1F. The molecule has 0 radical (unpaired) electrons. The van der Waals surface area contributed by atoms with Gasteiger partial charge in [0, 0.05) is 12.7 Å². The molecule has 0 saturated heterocycles. The molecule has 2 atom stereocenters. The molecule has 3 nitrogen and oxygen atoms in total. The molecule has 0 spiro atoms. The van der Waals surface area contributed by atoms with Gasteiger partial charge in [-0.3, -0.25) is 11.3 Å². The number of nitrogens with two attached hydrogens (primary N) is 1. The summed E-state index contributed by atoms with van der Waals surface area (Å²) in [5.74, 6) is 4.12. The summed E-state index contributed by atoms with van der Waals surface area (Å²) in [6.45, 7) is 1.97. The van der Waals surface area contributed by atoms with Crippen molar-refractivity contribution in [1.29, 1.82) is 0 Å². The first-order valence-corrected chi connectivity index (χ1v) is 6.48. The molecule has 0 aliphatic heterocycles. The summed E-state index contributed by atoms with van der Waals surface area (Å²) >= 11 is 3.04. The predicted octanol–water partition coefficient (Wildman–Crippen LogP) is 3.05. The van der Waals surface area contributed by atoms with Crippen LogP contribution in [0.1, 0.15) is 31.4 Å². The number of nitrogens with one attached hydrogen (secondary N) is 1. The molecule has 6 heteroatoms. The Bertz CT molecular complexity index is 404. The van der Waals surface area contributed by atoms with Crippen molar-refractivity contribution in [3.63, 3.8) is 0 Å². The second kappa shape index (κ2) is 7.13. The molecule has 1 aromatic rings. The van der Waals surface area contributed by atoms with Crippen LogP contribution < -0.4 is 11.3 Å². The Morgan fingerprint density at radius 2 is 2.11 bits per heavy atom. The quantitative estimate of drug-likeness (QED) is 0.481. The van der Waals surface area contributed by atoms with Crippen LogP contribution >= 0.6 is 15.9 Å². The summed E-state index contributed by atoms with van der Waals surface area (Å²) in [6, 6.07) is 1.79. The molecule has 0 saturated carbocycles. The molecule has 102 valence electrons. The van der Waals surface area contributed by atoms with Crippen molar-refractivity contribution in [2.45, 2.75) is 31.9 Å². The lowest BCUT2D eigenvalue weighted by atomic mass is 9.97. The number of hydrazine groups is 1. The van der Waals surface area contributed by atoms with Gasteiger partial charge in [-0.25, -0.2) is 8.78 Å². The van der Waals surface area contributed by atoms with Crippen LogP contribution in [0.25, 0.3) is 0 Å². The smallest absolute Gasteiger partial charge is 0.145 e. The Kier molecular flexibility index (Phi) is 6.14. The molecule has 18 heavy (non-hydrogen) atoms. The lowest BCUT2D eigenvalue weighted by molar-refractivity contribution is 0.0582. The van der Waals surface area contributed by atoms with E-state index in [1.165, 1.54) is 19.2 Å². The maximum atomic E-state index is 14.0. The summed E-state index contributed by atoms with van der Waals surface area (Å²) in [5, 5.41) is 0. The first-order chi connectivity index (χ1) is 8.56. The average molecular weight is 323 g/mol. The molecule has 0 heterocycles. The fourth-order valence-electron chi connectivity index (χ4n) is 1.91. The van der Waals surface area contributed by atoms with E-state index < -0.39 is 23.8 Å². The maximum absolute atomic E-state index is 14.0.